The van der Waals surface area contributed by atoms with Gasteiger partial charge in [0.2, 0.25) is 0 Å². The number of thiophene rings is 1. The number of nitrogens with zero attached hydrogens (tertiary/aromatic N) is 2. The number of hydrogen-bond donors (Lipinski definition) is 1. The minimum Gasteiger partial charge on any atom is -0.340 e. The SMILES string of the molecule is CN(CC(C)(C)CN)C(=O)c1csc(-c2cc(Br)cs2)n1.Cl.Cl. The van der Waals surface area contributed by atoms with Crippen molar-refractivity contribution < 1.29 is 4.79 Å². The van der Waals surface area contributed by atoms with E-state index in [0.717, 1.165) is 14.4 Å². The van der Waals surface area contributed by atoms with Crippen LogP contribution >= 0.6 is 63.4 Å². The van der Waals surface area contributed by atoms with Crippen LogP contribution in [0.5, 0.6) is 0 Å². The lowest BCUT2D eigenvalue weighted by molar-refractivity contribution is 0.0735. The average Bonchev–Trinajstić information content (AvgIpc) is 3.05. The Labute approximate surface area is 165 Å². The molecule has 0 bridgehead atoms. The first-order chi connectivity index (χ1) is 9.82. The molecule has 4 nitrogen and oxygen atoms in total. The molecule has 2 N–H and O–H groups in total. The van der Waals surface area contributed by atoms with Gasteiger partial charge in [-0.2, -0.15) is 0 Å². The van der Waals surface area contributed by atoms with Crippen LogP contribution in [0.1, 0.15) is 24.3 Å². The van der Waals surface area contributed by atoms with Crippen molar-refractivity contribution in [3.63, 3.8) is 0 Å². The fraction of sp³-hybridized carbons (Fsp3) is 0.429. The molecule has 0 aromatic carbocycles. The van der Waals surface area contributed by atoms with E-state index < -0.39 is 0 Å². The van der Waals surface area contributed by atoms with Crippen LogP contribution in [0.15, 0.2) is 21.3 Å². The topological polar surface area (TPSA) is 59.2 Å². The van der Waals surface area contributed by atoms with E-state index in [1.165, 1.54) is 11.3 Å². The van der Waals surface area contributed by atoms with Gasteiger partial charge >= 0.3 is 0 Å². The van der Waals surface area contributed by atoms with Gasteiger partial charge in [0, 0.05) is 28.8 Å². The summed E-state index contributed by atoms with van der Waals surface area (Å²) in [6.07, 6.45) is 0. The molecule has 0 saturated carbocycles. The molecule has 0 unspecified atom stereocenters. The van der Waals surface area contributed by atoms with Gasteiger partial charge in [0.05, 0.1) is 4.88 Å². The zero-order chi connectivity index (χ0) is 15.6. The molecule has 0 saturated heterocycles. The van der Waals surface area contributed by atoms with Gasteiger partial charge < -0.3 is 10.6 Å². The second kappa shape index (κ2) is 9.34. The maximum absolute atomic E-state index is 12.4. The molecule has 0 aliphatic rings. The summed E-state index contributed by atoms with van der Waals surface area (Å²) in [5, 5.41) is 4.70. The minimum absolute atomic E-state index is 0. The van der Waals surface area contributed by atoms with Crippen LogP contribution in [0.4, 0.5) is 0 Å². The molecular weight excluding hydrogens is 441 g/mol. The van der Waals surface area contributed by atoms with E-state index in [-0.39, 0.29) is 36.1 Å². The minimum atomic E-state index is -0.0954. The third kappa shape index (κ3) is 5.99. The number of thiazole rings is 1. The van der Waals surface area contributed by atoms with Crippen molar-refractivity contribution in [2.45, 2.75) is 13.8 Å². The third-order valence-electron chi connectivity index (χ3n) is 3.07. The molecule has 1 amide bonds. The maximum Gasteiger partial charge on any atom is 0.273 e. The molecule has 2 heterocycles. The lowest BCUT2D eigenvalue weighted by atomic mass is 9.93. The zero-order valence-corrected chi connectivity index (χ0v) is 17.9. The van der Waals surface area contributed by atoms with Crippen LogP contribution in [0.2, 0.25) is 0 Å². The van der Waals surface area contributed by atoms with Crippen molar-refractivity contribution in [3.05, 3.63) is 27.0 Å². The fourth-order valence-electron chi connectivity index (χ4n) is 1.88. The number of halogens is 3. The Bertz CT molecular complexity index is 646. The van der Waals surface area contributed by atoms with Crippen molar-refractivity contribution in [2.24, 2.45) is 11.1 Å². The van der Waals surface area contributed by atoms with Crippen molar-refractivity contribution in [1.29, 1.82) is 0 Å². The van der Waals surface area contributed by atoms with Crippen LogP contribution < -0.4 is 5.73 Å². The first kappa shape index (κ1) is 22.8. The normalized spacial score (nSPS) is 10.7. The number of hydrogen-bond acceptors (Lipinski definition) is 5. The Morgan fingerprint density at radius 2 is 2.00 bits per heavy atom. The first-order valence-electron chi connectivity index (χ1n) is 6.48. The molecule has 0 radical (unpaired) electrons. The predicted octanol–water partition coefficient (Wildman–Crippen LogP) is 4.53. The summed E-state index contributed by atoms with van der Waals surface area (Å²) in [6.45, 7) is 5.24. The van der Waals surface area contributed by atoms with E-state index in [2.05, 4.69) is 20.9 Å². The smallest absolute Gasteiger partial charge is 0.273 e. The zero-order valence-electron chi connectivity index (χ0n) is 13.0. The average molecular weight is 461 g/mol. The molecule has 2 aromatic heterocycles. The van der Waals surface area contributed by atoms with Gasteiger partial charge in [-0.15, -0.1) is 47.5 Å². The van der Waals surface area contributed by atoms with Crippen LogP contribution in [0.3, 0.4) is 0 Å². The highest BCUT2D eigenvalue weighted by Gasteiger charge is 2.23. The second-order valence-electron chi connectivity index (χ2n) is 5.70. The summed E-state index contributed by atoms with van der Waals surface area (Å²) >= 11 is 6.53. The number of rotatable bonds is 5. The van der Waals surface area contributed by atoms with E-state index in [4.69, 9.17) is 5.73 Å². The van der Waals surface area contributed by atoms with Crippen molar-refractivity contribution in [1.82, 2.24) is 9.88 Å². The molecule has 130 valence electrons. The van der Waals surface area contributed by atoms with Gasteiger partial charge in [-0.1, -0.05) is 13.8 Å². The Kier molecular flexibility index (Phi) is 9.27. The highest BCUT2D eigenvalue weighted by atomic mass is 79.9. The second-order valence-corrected chi connectivity index (χ2v) is 8.38. The van der Waals surface area contributed by atoms with E-state index in [0.29, 0.717) is 18.8 Å². The molecule has 9 heteroatoms. The Balaban J connectivity index is 0.00000242. The Morgan fingerprint density at radius 3 is 2.52 bits per heavy atom. The van der Waals surface area contributed by atoms with Crippen LogP contribution in [-0.4, -0.2) is 35.9 Å². The van der Waals surface area contributed by atoms with Crippen molar-refractivity contribution >= 4 is 69.3 Å². The number of aromatic nitrogens is 1. The van der Waals surface area contributed by atoms with E-state index in [1.807, 2.05) is 30.7 Å². The van der Waals surface area contributed by atoms with Gasteiger partial charge in [0.1, 0.15) is 10.7 Å². The van der Waals surface area contributed by atoms with Gasteiger partial charge in [-0.25, -0.2) is 4.98 Å². The molecule has 2 aromatic rings. The molecule has 2 rings (SSSR count). The summed E-state index contributed by atoms with van der Waals surface area (Å²) in [7, 11) is 1.79. The first-order valence-corrected chi connectivity index (χ1v) is 9.03. The third-order valence-corrected chi connectivity index (χ3v) is 5.77. The number of nitrogens with two attached hydrogens (primary N) is 1. The predicted molar refractivity (Wildman–Crippen MR) is 107 cm³/mol. The molecule has 0 aliphatic carbocycles. The van der Waals surface area contributed by atoms with E-state index >= 15 is 0 Å². The van der Waals surface area contributed by atoms with E-state index in [9.17, 15) is 4.79 Å². The summed E-state index contributed by atoms with van der Waals surface area (Å²) in [4.78, 5) is 19.6. The van der Waals surface area contributed by atoms with Crippen molar-refractivity contribution in [3.8, 4) is 9.88 Å². The number of carbonyl (C=O) groups is 1. The summed E-state index contributed by atoms with van der Waals surface area (Å²) in [5.74, 6) is -0.0605. The van der Waals surface area contributed by atoms with Gasteiger partial charge in [0.15, 0.2) is 0 Å². The van der Waals surface area contributed by atoms with E-state index in [1.54, 1.807) is 23.3 Å². The van der Waals surface area contributed by atoms with Gasteiger partial charge in [-0.05, 0) is 34.0 Å². The van der Waals surface area contributed by atoms with Crippen LogP contribution in [0, 0.1) is 5.41 Å². The van der Waals surface area contributed by atoms with Gasteiger partial charge in [0.25, 0.3) is 5.91 Å². The molecule has 0 atom stereocenters. The molecule has 0 fully saturated rings. The van der Waals surface area contributed by atoms with Gasteiger partial charge in [-0.3, -0.25) is 4.79 Å². The highest BCUT2D eigenvalue weighted by Crippen LogP contribution is 2.32. The quantitative estimate of drug-likeness (QED) is 0.712. The monoisotopic (exact) mass is 459 g/mol. The Hall–Kier alpha value is -0.180. The van der Waals surface area contributed by atoms with Crippen molar-refractivity contribution in [2.75, 3.05) is 20.1 Å². The summed E-state index contributed by atoms with van der Waals surface area (Å²) < 4.78 is 1.03. The van der Waals surface area contributed by atoms with Crippen LogP contribution in [0.25, 0.3) is 9.88 Å². The molecule has 0 aliphatic heterocycles. The Morgan fingerprint density at radius 1 is 1.35 bits per heavy atom. The molecule has 23 heavy (non-hydrogen) atoms. The number of amides is 1. The molecular formula is C14H20BrCl2N3OS2. The number of carbonyl (C=O) groups excluding carboxylic acids is 1. The molecule has 0 spiro atoms. The largest absolute Gasteiger partial charge is 0.340 e. The fourth-order valence-corrected chi connectivity index (χ4v) is 4.19. The maximum atomic E-state index is 12.4. The van der Waals surface area contributed by atoms with Crippen LogP contribution in [-0.2, 0) is 0 Å². The summed E-state index contributed by atoms with van der Waals surface area (Å²) in [5.41, 5.74) is 6.12. The summed E-state index contributed by atoms with van der Waals surface area (Å²) in [6, 6.07) is 2.01. The lowest BCUT2D eigenvalue weighted by Gasteiger charge is -2.28. The standard InChI is InChI=1S/C14H18BrN3OS2.2ClH/c1-14(2,7-16)8-18(3)13(19)10-6-21-12(17-10)11-4-9(15)5-20-11;;/h4-6H,7-8,16H2,1-3H3;2*1H. The lowest BCUT2D eigenvalue weighted by Crippen LogP contribution is -2.39. The highest BCUT2D eigenvalue weighted by molar-refractivity contribution is 9.10.